The molecule has 6 heteroatoms. The second-order valence-corrected chi connectivity index (χ2v) is 6.91. The lowest BCUT2D eigenvalue weighted by Gasteiger charge is -2.13. The van der Waals surface area contributed by atoms with Crippen LogP contribution in [0.3, 0.4) is 0 Å². The second kappa shape index (κ2) is 6.54. The Balaban J connectivity index is 2.34. The van der Waals surface area contributed by atoms with Crippen LogP contribution in [0.2, 0.25) is 0 Å². The smallest absolute Gasteiger partial charge is 0.218 e. The Morgan fingerprint density at radius 1 is 0.952 bits per heavy atom. The van der Waals surface area contributed by atoms with Gasteiger partial charge in [0.2, 0.25) is 9.84 Å². The second-order valence-electron chi connectivity index (χ2n) is 4.50. The molecule has 0 bridgehead atoms. The molecule has 2 rings (SSSR count). The van der Waals surface area contributed by atoms with Crippen LogP contribution in [0.15, 0.2) is 59.5 Å². The number of hydrogen-bond acceptors (Lipinski definition) is 2. The average molecular weight is 331 g/mol. The molecule has 0 radical (unpaired) electrons. The average Bonchev–Trinajstić information content (AvgIpc) is 2.48. The van der Waals surface area contributed by atoms with Gasteiger partial charge in [-0.2, -0.15) is 8.78 Å². The van der Waals surface area contributed by atoms with Crippen molar-refractivity contribution in [1.82, 2.24) is 0 Å². The zero-order chi connectivity index (χ0) is 15.5. The van der Waals surface area contributed by atoms with Gasteiger partial charge < -0.3 is 0 Å². The van der Waals surface area contributed by atoms with E-state index in [2.05, 4.69) is 0 Å². The van der Waals surface area contributed by atoms with Crippen LogP contribution in [0.4, 0.5) is 8.78 Å². The van der Waals surface area contributed by atoms with Crippen LogP contribution in [-0.2, 0) is 16.3 Å². The molecule has 2 nitrogen and oxygen atoms in total. The topological polar surface area (TPSA) is 34.1 Å². The van der Waals surface area contributed by atoms with E-state index in [-0.39, 0.29) is 11.3 Å². The summed E-state index contributed by atoms with van der Waals surface area (Å²) in [6, 6.07) is 14.8. The number of rotatable bonds is 5. The zero-order valence-corrected chi connectivity index (χ0v) is 12.5. The molecule has 2 aromatic rings. The highest BCUT2D eigenvalue weighted by Gasteiger charge is 2.29. The van der Waals surface area contributed by atoms with Crippen molar-refractivity contribution in [3.8, 4) is 0 Å². The van der Waals surface area contributed by atoms with Gasteiger partial charge in [-0.05, 0) is 23.6 Å². The van der Waals surface area contributed by atoms with Gasteiger partial charge in [0.1, 0.15) is 0 Å². The van der Waals surface area contributed by atoms with E-state index in [1.165, 1.54) is 18.2 Å². The number of hydrogen-bond donors (Lipinski definition) is 0. The molecule has 0 aromatic heterocycles. The van der Waals surface area contributed by atoms with Crippen molar-refractivity contribution in [2.75, 3.05) is 0 Å². The lowest BCUT2D eigenvalue weighted by molar-refractivity contribution is 0.234. The Kier molecular flexibility index (Phi) is 4.96. The predicted octanol–water partition coefficient (Wildman–Crippen LogP) is 4.21. The first-order valence-corrected chi connectivity index (χ1v) is 8.20. The fraction of sp³-hybridized carbons (Fsp3) is 0.200. The van der Waals surface area contributed by atoms with Crippen LogP contribution in [0, 0.1) is 0 Å². The Bertz CT molecular complexity index is 703. The normalized spacial score (nSPS) is 13.3. The van der Waals surface area contributed by atoms with E-state index in [4.69, 9.17) is 11.6 Å². The maximum Gasteiger partial charge on any atom is 0.341 e. The third-order valence-corrected chi connectivity index (χ3v) is 4.96. The molecule has 2 aromatic carbocycles. The quantitative estimate of drug-likeness (QED) is 0.770. The zero-order valence-electron chi connectivity index (χ0n) is 10.9. The highest BCUT2D eigenvalue weighted by molar-refractivity contribution is 7.91. The summed E-state index contributed by atoms with van der Waals surface area (Å²) in [6.45, 7) is 0. The van der Waals surface area contributed by atoms with Crippen LogP contribution in [0.25, 0.3) is 0 Å². The molecule has 0 amide bonds. The Hall–Kier alpha value is -1.46. The number of halogens is 3. The van der Waals surface area contributed by atoms with Crippen LogP contribution in [-0.4, -0.2) is 14.2 Å². The number of benzene rings is 2. The number of sulfone groups is 1. The van der Waals surface area contributed by atoms with E-state index in [1.807, 2.05) is 30.3 Å². The lowest BCUT2D eigenvalue weighted by Crippen LogP contribution is -2.14. The third kappa shape index (κ3) is 3.60. The van der Waals surface area contributed by atoms with Crippen LogP contribution < -0.4 is 0 Å². The molecule has 0 aliphatic heterocycles. The minimum Gasteiger partial charge on any atom is -0.218 e. The number of alkyl halides is 3. The van der Waals surface area contributed by atoms with Crippen molar-refractivity contribution >= 4 is 21.4 Å². The van der Waals surface area contributed by atoms with Gasteiger partial charge in [-0.15, -0.1) is 11.6 Å². The summed E-state index contributed by atoms with van der Waals surface area (Å²) in [5.41, 5.74) is 1.10. The van der Waals surface area contributed by atoms with Crippen molar-refractivity contribution < 1.29 is 17.2 Å². The molecule has 0 saturated heterocycles. The molecular weight excluding hydrogens is 318 g/mol. The standard InChI is InChI=1S/C15H13ClF2O2S/c16-13(11-6-2-1-3-7-11)10-12-8-4-5-9-14(12)21(19,20)15(17)18/h1-9,13,15H,10H2. The Morgan fingerprint density at radius 2 is 1.52 bits per heavy atom. The SMILES string of the molecule is O=S(=O)(c1ccccc1CC(Cl)c1ccccc1)C(F)F. The monoisotopic (exact) mass is 330 g/mol. The fourth-order valence-corrected chi connectivity index (χ4v) is 3.31. The van der Waals surface area contributed by atoms with Crippen molar-refractivity contribution in [3.63, 3.8) is 0 Å². The molecule has 0 N–H and O–H groups in total. The summed E-state index contributed by atoms with van der Waals surface area (Å²) in [6.07, 6.45) is 0.160. The van der Waals surface area contributed by atoms with E-state index >= 15 is 0 Å². The van der Waals surface area contributed by atoms with Crippen molar-refractivity contribution in [2.45, 2.75) is 22.5 Å². The fourth-order valence-electron chi connectivity index (χ4n) is 2.02. The van der Waals surface area contributed by atoms with Gasteiger partial charge in [0.05, 0.1) is 10.3 Å². The van der Waals surface area contributed by atoms with Gasteiger partial charge >= 0.3 is 5.76 Å². The molecule has 21 heavy (non-hydrogen) atoms. The summed E-state index contributed by atoms with van der Waals surface area (Å²) < 4.78 is 48.8. The van der Waals surface area contributed by atoms with Gasteiger partial charge in [-0.25, -0.2) is 8.42 Å². The van der Waals surface area contributed by atoms with E-state index in [0.717, 1.165) is 5.56 Å². The first-order chi connectivity index (χ1) is 9.93. The summed E-state index contributed by atoms with van der Waals surface area (Å²) in [5.74, 6) is -3.44. The maximum absolute atomic E-state index is 12.7. The predicted molar refractivity (Wildman–Crippen MR) is 78.4 cm³/mol. The van der Waals surface area contributed by atoms with Gasteiger partial charge in [0.25, 0.3) is 0 Å². The molecule has 0 aliphatic carbocycles. The first kappa shape index (κ1) is 15.9. The Morgan fingerprint density at radius 3 is 2.14 bits per heavy atom. The van der Waals surface area contributed by atoms with Crippen molar-refractivity contribution in [3.05, 3.63) is 65.7 Å². The molecule has 1 unspecified atom stereocenters. The van der Waals surface area contributed by atoms with E-state index in [1.54, 1.807) is 6.07 Å². The van der Waals surface area contributed by atoms with Gasteiger partial charge in [0, 0.05) is 0 Å². The summed E-state index contributed by atoms with van der Waals surface area (Å²) in [5, 5.41) is -0.486. The van der Waals surface area contributed by atoms with Crippen molar-refractivity contribution in [2.24, 2.45) is 0 Å². The summed E-state index contributed by atoms with van der Waals surface area (Å²) in [4.78, 5) is -0.360. The molecule has 0 aliphatic rings. The minimum absolute atomic E-state index is 0.160. The summed E-state index contributed by atoms with van der Waals surface area (Å²) >= 11 is 6.26. The van der Waals surface area contributed by atoms with Gasteiger partial charge in [0.15, 0.2) is 0 Å². The summed E-state index contributed by atoms with van der Waals surface area (Å²) in [7, 11) is -4.63. The Labute approximate surface area is 127 Å². The molecule has 112 valence electrons. The van der Waals surface area contributed by atoms with Gasteiger partial charge in [-0.1, -0.05) is 48.5 Å². The molecule has 0 saturated carbocycles. The molecule has 1 atom stereocenters. The highest BCUT2D eigenvalue weighted by atomic mass is 35.5. The maximum atomic E-state index is 12.7. The lowest BCUT2D eigenvalue weighted by atomic mass is 10.0. The molecule has 0 fully saturated rings. The van der Waals surface area contributed by atoms with Crippen LogP contribution >= 0.6 is 11.6 Å². The molecular formula is C15H13ClF2O2S. The largest absolute Gasteiger partial charge is 0.341 e. The minimum atomic E-state index is -4.63. The van der Waals surface area contributed by atoms with E-state index in [0.29, 0.717) is 5.56 Å². The van der Waals surface area contributed by atoms with Crippen LogP contribution in [0.5, 0.6) is 0 Å². The molecule has 0 heterocycles. The van der Waals surface area contributed by atoms with Crippen molar-refractivity contribution in [1.29, 1.82) is 0 Å². The van der Waals surface area contributed by atoms with Gasteiger partial charge in [-0.3, -0.25) is 0 Å². The molecule has 0 spiro atoms. The highest BCUT2D eigenvalue weighted by Crippen LogP contribution is 2.29. The van der Waals surface area contributed by atoms with Crippen LogP contribution in [0.1, 0.15) is 16.5 Å². The third-order valence-electron chi connectivity index (χ3n) is 3.07. The van der Waals surface area contributed by atoms with E-state index < -0.39 is 21.0 Å². The van der Waals surface area contributed by atoms with E-state index in [9.17, 15) is 17.2 Å². The first-order valence-electron chi connectivity index (χ1n) is 6.22.